The first-order valence-corrected chi connectivity index (χ1v) is 7.90. The molecule has 24 heavy (non-hydrogen) atoms. The third kappa shape index (κ3) is 2.19. The van der Waals surface area contributed by atoms with Crippen LogP contribution in [0.5, 0.6) is 0 Å². The Hall–Kier alpha value is -3.02. The van der Waals surface area contributed by atoms with E-state index < -0.39 is 0 Å². The number of nitrogens with zero attached hydrogens (tertiary/aromatic N) is 4. The van der Waals surface area contributed by atoms with Crippen molar-refractivity contribution >= 4 is 22.6 Å². The van der Waals surface area contributed by atoms with Gasteiger partial charge in [0.25, 0.3) is 0 Å². The largest absolute Gasteiger partial charge is 0.287 e. The molecule has 0 amide bonds. The van der Waals surface area contributed by atoms with E-state index in [-0.39, 0.29) is 34.1 Å². The van der Waals surface area contributed by atoms with Crippen molar-refractivity contribution < 1.29 is 9.59 Å². The van der Waals surface area contributed by atoms with Crippen LogP contribution in [-0.2, 0) is 6.42 Å². The molecule has 0 aliphatic heterocycles. The smallest absolute Gasteiger partial charge is 0.216 e. The highest BCUT2D eigenvalue weighted by Crippen LogP contribution is 2.26. The average molecular weight is 318 g/mol. The molecule has 1 aliphatic rings. The summed E-state index contributed by atoms with van der Waals surface area (Å²) >= 11 is 0. The number of ketones is 2. The number of unbranched alkanes of at least 4 members (excludes halogenated alkanes) is 1. The molecule has 0 saturated heterocycles. The van der Waals surface area contributed by atoms with E-state index in [1.54, 1.807) is 0 Å². The standard InChI is InChI=1S/C18H14N4O2/c1-2-3-4-10-5-6-13-14(7-10)22-16-15(21-13)17(23)11-8-19-20-9-12(11)18(16)24/h5-9H,2-4H2,1H3. The van der Waals surface area contributed by atoms with Gasteiger partial charge in [-0.15, -0.1) is 0 Å². The van der Waals surface area contributed by atoms with Gasteiger partial charge in [-0.05, 0) is 30.5 Å². The molecule has 3 aromatic rings. The van der Waals surface area contributed by atoms with Crippen LogP contribution < -0.4 is 0 Å². The minimum atomic E-state index is -0.334. The van der Waals surface area contributed by atoms with Crippen LogP contribution in [0.3, 0.4) is 0 Å². The van der Waals surface area contributed by atoms with Gasteiger partial charge >= 0.3 is 0 Å². The van der Waals surface area contributed by atoms with Gasteiger partial charge in [0, 0.05) is 0 Å². The van der Waals surface area contributed by atoms with Crippen LogP contribution >= 0.6 is 0 Å². The van der Waals surface area contributed by atoms with Crippen molar-refractivity contribution in [2.75, 3.05) is 0 Å². The first-order chi connectivity index (χ1) is 11.7. The maximum absolute atomic E-state index is 12.6. The van der Waals surface area contributed by atoms with Crippen LogP contribution in [0, 0.1) is 0 Å². The number of rotatable bonds is 3. The Morgan fingerprint density at radius 2 is 1.50 bits per heavy atom. The molecule has 4 rings (SSSR count). The van der Waals surface area contributed by atoms with E-state index in [0.717, 1.165) is 24.8 Å². The first-order valence-electron chi connectivity index (χ1n) is 7.90. The Labute approximate surface area is 138 Å². The number of carbonyl (C=O) groups excluding carboxylic acids is 2. The molecule has 0 N–H and O–H groups in total. The van der Waals surface area contributed by atoms with Gasteiger partial charge in [-0.3, -0.25) is 9.59 Å². The Balaban J connectivity index is 1.88. The van der Waals surface area contributed by atoms with E-state index in [4.69, 9.17) is 0 Å². The van der Waals surface area contributed by atoms with E-state index in [2.05, 4.69) is 27.1 Å². The van der Waals surface area contributed by atoms with Crippen molar-refractivity contribution in [3.63, 3.8) is 0 Å². The third-order valence-corrected chi connectivity index (χ3v) is 4.20. The number of hydrogen-bond acceptors (Lipinski definition) is 6. The summed E-state index contributed by atoms with van der Waals surface area (Å²) in [6.45, 7) is 2.14. The average Bonchev–Trinajstić information content (AvgIpc) is 2.63. The molecule has 0 unspecified atom stereocenters. The molecule has 6 heteroatoms. The summed E-state index contributed by atoms with van der Waals surface area (Å²) in [7, 11) is 0. The molecule has 6 nitrogen and oxygen atoms in total. The van der Waals surface area contributed by atoms with Gasteiger partial charge in [0.2, 0.25) is 11.6 Å². The Bertz CT molecular complexity index is 997. The zero-order valence-electron chi connectivity index (χ0n) is 13.1. The van der Waals surface area contributed by atoms with Gasteiger partial charge in [0.05, 0.1) is 34.6 Å². The number of aromatic nitrogens is 4. The van der Waals surface area contributed by atoms with Crippen molar-refractivity contribution in [1.29, 1.82) is 0 Å². The van der Waals surface area contributed by atoms with Gasteiger partial charge in [-0.2, -0.15) is 10.2 Å². The van der Waals surface area contributed by atoms with Gasteiger partial charge in [0.15, 0.2) is 0 Å². The van der Waals surface area contributed by atoms with Crippen LogP contribution in [0.15, 0.2) is 30.6 Å². The van der Waals surface area contributed by atoms with Crippen LogP contribution in [0.1, 0.15) is 57.4 Å². The van der Waals surface area contributed by atoms with Crippen LogP contribution in [0.2, 0.25) is 0 Å². The summed E-state index contributed by atoms with van der Waals surface area (Å²) < 4.78 is 0. The molecule has 2 aromatic heterocycles. The first kappa shape index (κ1) is 14.6. The number of fused-ring (bicyclic) bond motifs is 3. The maximum atomic E-state index is 12.6. The number of benzene rings is 1. The monoisotopic (exact) mass is 318 g/mol. The highest BCUT2D eigenvalue weighted by molar-refractivity contribution is 6.27. The van der Waals surface area contributed by atoms with Crippen molar-refractivity contribution in [1.82, 2.24) is 20.2 Å². The molecular formula is C18H14N4O2. The molecule has 1 aliphatic carbocycles. The second-order valence-corrected chi connectivity index (χ2v) is 5.82. The molecule has 0 bridgehead atoms. The quantitative estimate of drug-likeness (QED) is 0.577. The van der Waals surface area contributed by atoms with Crippen molar-refractivity contribution in [2.24, 2.45) is 0 Å². The topological polar surface area (TPSA) is 85.7 Å². The van der Waals surface area contributed by atoms with Gasteiger partial charge in [-0.25, -0.2) is 9.97 Å². The molecule has 2 heterocycles. The molecule has 0 spiro atoms. The molecule has 118 valence electrons. The highest BCUT2D eigenvalue weighted by atomic mass is 16.1. The van der Waals surface area contributed by atoms with Crippen molar-refractivity contribution in [3.05, 3.63) is 58.7 Å². The van der Waals surface area contributed by atoms with Gasteiger partial charge in [-0.1, -0.05) is 19.4 Å². The molecular weight excluding hydrogens is 304 g/mol. The minimum absolute atomic E-state index is 0.0920. The lowest BCUT2D eigenvalue weighted by molar-refractivity contribution is 0.0971. The maximum Gasteiger partial charge on any atom is 0.216 e. The Morgan fingerprint density at radius 3 is 2.12 bits per heavy atom. The summed E-state index contributed by atoms with van der Waals surface area (Å²) in [6.07, 6.45) is 5.77. The predicted molar refractivity (Wildman–Crippen MR) is 87.0 cm³/mol. The summed E-state index contributed by atoms with van der Waals surface area (Å²) in [4.78, 5) is 34.0. The van der Waals surface area contributed by atoms with Gasteiger partial charge in [0.1, 0.15) is 11.4 Å². The SMILES string of the molecule is CCCCc1ccc2nc3c(nc2c1)C(=O)c1cnncc1C3=O. The normalized spacial score (nSPS) is 13.0. The summed E-state index contributed by atoms with van der Waals surface area (Å²) in [6, 6.07) is 5.79. The van der Waals surface area contributed by atoms with Crippen LogP contribution in [0.25, 0.3) is 11.0 Å². The second kappa shape index (κ2) is 5.56. The fourth-order valence-electron chi connectivity index (χ4n) is 2.89. The van der Waals surface area contributed by atoms with Gasteiger partial charge < -0.3 is 0 Å². The number of hydrogen-bond donors (Lipinski definition) is 0. The van der Waals surface area contributed by atoms with Crippen LogP contribution in [0.4, 0.5) is 0 Å². The molecule has 0 radical (unpaired) electrons. The van der Waals surface area contributed by atoms with Crippen molar-refractivity contribution in [3.8, 4) is 0 Å². The molecule has 0 fully saturated rings. The highest BCUT2D eigenvalue weighted by Gasteiger charge is 2.33. The van der Waals surface area contributed by atoms with E-state index in [1.807, 2.05) is 18.2 Å². The van der Waals surface area contributed by atoms with E-state index >= 15 is 0 Å². The number of aryl methyl sites for hydroxylation is 1. The molecule has 1 aromatic carbocycles. The summed E-state index contributed by atoms with van der Waals surface area (Å²) in [5.74, 6) is -0.665. The lowest BCUT2D eigenvalue weighted by Crippen LogP contribution is -2.24. The predicted octanol–water partition coefficient (Wildman–Crippen LogP) is 2.54. The van der Waals surface area contributed by atoms with Crippen LogP contribution in [-0.4, -0.2) is 31.7 Å². The Kier molecular flexibility index (Phi) is 3.37. The van der Waals surface area contributed by atoms with Crippen molar-refractivity contribution in [2.45, 2.75) is 26.2 Å². The minimum Gasteiger partial charge on any atom is -0.287 e. The second-order valence-electron chi connectivity index (χ2n) is 5.82. The fourth-order valence-corrected chi connectivity index (χ4v) is 2.89. The summed E-state index contributed by atoms with van der Waals surface area (Å²) in [5.41, 5.74) is 3.05. The summed E-state index contributed by atoms with van der Waals surface area (Å²) in [5, 5.41) is 7.38. The lowest BCUT2D eigenvalue weighted by Gasteiger charge is -2.15. The van der Waals surface area contributed by atoms with E-state index in [0.29, 0.717) is 11.0 Å². The third-order valence-electron chi connectivity index (χ3n) is 4.20. The Morgan fingerprint density at radius 1 is 0.875 bits per heavy atom. The lowest BCUT2D eigenvalue weighted by atomic mass is 9.92. The zero-order valence-corrected chi connectivity index (χ0v) is 13.1. The molecule has 0 saturated carbocycles. The van der Waals surface area contributed by atoms with E-state index in [1.165, 1.54) is 12.4 Å². The number of carbonyl (C=O) groups is 2. The van der Waals surface area contributed by atoms with E-state index in [9.17, 15) is 9.59 Å². The molecule has 0 atom stereocenters. The zero-order chi connectivity index (χ0) is 16.7. The fraction of sp³-hybridized carbons (Fsp3) is 0.222.